The van der Waals surface area contributed by atoms with Crippen LogP contribution in [0.3, 0.4) is 0 Å². The fraction of sp³-hybridized carbons (Fsp3) is 0.167. The van der Waals surface area contributed by atoms with Crippen molar-refractivity contribution in [2.24, 2.45) is 0 Å². The van der Waals surface area contributed by atoms with Crippen molar-refractivity contribution >= 4 is 11.5 Å². The van der Waals surface area contributed by atoms with E-state index in [1.165, 1.54) is 19.5 Å². The number of pyridine rings is 1. The van der Waals surface area contributed by atoms with Crippen molar-refractivity contribution in [1.29, 1.82) is 0 Å². The molecule has 0 aliphatic carbocycles. The highest BCUT2D eigenvalue weighted by molar-refractivity contribution is 5.96. The van der Waals surface area contributed by atoms with Gasteiger partial charge in [-0.15, -0.1) is 0 Å². The van der Waals surface area contributed by atoms with Crippen LogP contribution in [0.5, 0.6) is 5.88 Å². The van der Waals surface area contributed by atoms with E-state index in [1.807, 2.05) is 0 Å². The molecule has 2 aromatic heterocycles. The normalized spacial score (nSPS) is 10.1. The van der Waals surface area contributed by atoms with E-state index in [1.54, 1.807) is 18.5 Å². The smallest absolute Gasteiger partial charge is 0.216 e. The molecule has 0 aromatic carbocycles. The second kappa shape index (κ2) is 5.22. The average Bonchev–Trinajstić information content (AvgIpc) is 2.41. The van der Waals surface area contributed by atoms with Crippen molar-refractivity contribution in [1.82, 2.24) is 15.0 Å². The molecule has 0 radical (unpaired) electrons. The van der Waals surface area contributed by atoms with E-state index in [2.05, 4.69) is 15.0 Å². The van der Waals surface area contributed by atoms with E-state index in [-0.39, 0.29) is 12.2 Å². The van der Waals surface area contributed by atoms with Gasteiger partial charge in [0.2, 0.25) is 5.88 Å². The number of hydrogen-bond donors (Lipinski definition) is 1. The lowest BCUT2D eigenvalue weighted by molar-refractivity contribution is 0.0987. The van der Waals surface area contributed by atoms with Gasteiger partial charge >= 0.3 is 0 Å². The Kier molecular flexibility index (Phi) is 3.47. The molecule has 2 aromatic rings. The molecule has 0 atom stereocenters. The molecular formula is C12H12N4O2. The molecule has 0 aliphatic heterocycles. The van der Waals surface area contributed by atoms with Gasteiger partial charge in [0.1, 0.15) is 12.0 Å². The van der Waals surface area contributed by atoms with Gasteiger partial charge in [-0.2, -0.15) is 0 Å². The summed E-state index contributed by atoms with van der Waals surface area (Å²) < 4.78 is 4.94. The summed E-state index contributed by atoms with van der Waals surface area (Å²) in [4.78, 5) is 23.7. The first-order valence-corrected chi connectivity index (χ1v) is 5.28. The maximum absolute atomic E-state index is 12.0. The van der Waals surface area contributed by atoms with Crippen LogP contribution in [-0.4, -0.2) is 27.8 Å². The van der Waals surface area contributed by atoms with Gasteiger partial charge in [-0.1, -0.05) is 0 Å². The fourth-order valence-corrected chi connectivity index (χ4v) is 1.45. The molecule has 0 saturated carbocycles. The van der Waals surface area contributed by atoms with Crippen LogP contribution < -0.4 is 10.5 Å². The quantitative estimate of drug-likeness (QED) is 0.803. The van der Waals surface area contributed by atoms with Crippen LogP contribution in [-0.2, 0) is 6.42 Å². The lowest BCUT2D eigenvalue weighted by atomic mass is 10.1. The maximum Gasteiger partial charge on any atom is 0.216 e. The molecule has 0 fully saturated rings. The Morgan fingerprint density at radius 1 is 1.44 bits per heavy atom. The van der Waals surface area contributed by atoms with Gasteiger partial charge in [-0.25, -0.2) is 9.97 Å². The number of hydrogen-bond acceptors (Lipinski definition) is 6. The third-order valence-electron chi connectivity index (χ3n) is 2.43. The number of nitrogen functional groups attached to an aromatic ring is 1. The van der Waals surface area contributed by atoms with Gasteiger partial charge in [0.25, 0.3) is 0 Å². The Balaban J connectivity index is 2.19. The minimum Gasteiger partial charge on any atom is -0.481 e. The molecule has 0 spiro atoms. The number of ketones is 1. The van der Waals surface area contributed by atoms with Crippen molar-refractivity contribution in [3.63, 3.8) is 0 Å². The van der Waals surface area contributed by atoms with Gasteiger partial charge in [-0.05, 0) is 6.07 Å². The Morgan fingerprint density at radius 2 is 2.28 bits per heavy atom. The molecular weight excluding hydrogens is 232 g/mol. The standard InChI is InChI=1S/C12H12N4O2/c1-18-12-5-10(15-7-16-12)11(17)4-8-6-14-3-2-9(8)13/h2-3,5-7H,4H2,1H3,(H2,13,14). The monoisotopic (exact) mass is 244 g/mol. The van der Waals surface area contributed by atoms with Crippen molar-refractivity contribution in [2.45, 2.75) is 6.42 Å². The Morgan fingerprint density at radius 3 is 3.00 bits per heavy atom. The number of nitrogens with zero attached hydrogens (tertiary/aromatic N) is 3. The van der Waals surface area contributed by atoms with E-state index in [0.717, 1.165) is 0 Å². The Bertz CT molecular complexity index is 572. The third kappa shape index (κ3) is 2.60. The number of carbonyl (C=O) groups excluding carboxylic acids is 1. The van der Waals surface area contributed by atoms with Crippen LogP contribution in [0.15, 0.2) is 30.9 Å². The molecule has 18 heavy (non-hydrogen) atoms. The SMILES string of the molecule is COc1cc(C(=O)Cc2cnccc2N)ncn1. The number of anilines is 1. The van der Waals surface area contributed by atoms with E-state index in [0.29, 0.717) is 22.8 Å². The molecule has 0 aliphatic rings. The van der Waals surface area contributed by atoms with E-state index in [4.69, 9.17) is 10.5 Å². The molecule has 0 unspecified atom stereocenters. The van der Waals surface area contributed by atoms with Crippen LogP contribution in [0.4, 0.5) is 5.69 Å². The molecule has 0 saturated heterocycles. The summed E-state index contributed by atoms with van der Waals surface area (Å²) >= 11 is 0. The van der Waals surface area contributed by atoms with Crippen LogP contribution in [0.2, 0.25) is 0 Å². The summed E-state index contributed by atoms with van der Waals surface area (Å²) in [6.45, 7) is 0. The molecule has 2 N–H and O–H groups in total. The van der Waals surface area contributed by atoms with Crippen molar-refractivity contribution in [3.8, 4) is 5.88 Å². The third-order valence-corrected chi connectivity index (χ3v) is 2.43. The molecule has 6 heteroatoms. The summed E-state index contributed by atoms with van der Waals surface area (Å²) in [6.07, 6.45) is 4.60. The van der Waals surface area contributed by atoms with Crippen LogP contribution in [0.25, 0.3) is 0 Å². The van der Waals surface area contributed by atoms with E-state index in [9.17, 15) is 4.79 Å². The van der Waals surface area contributed by atoms with Crippen molar-refractivity contribution in [3.05, 3.63) is 42.1 Å². The van der Waals surface area contributed by atoms with E-state index < -0.39 is 0 Å². The van der Waals surface area contributed by atoms with Crippen LogP contribution >= 0.6 is 0 Å². The number of nitrogens with two attached hydrogens (primary N) is 1. The zero-order valence-corrected chi connectivity index (χ0v) is 9.83. The molecule has 2 heterocycles. The predicted octanol–water partition coefficient (Wildman–Crippen LogP) is 0.888. The molecule has 6 nitrogen and oxygen atoms in total. The number of carbonyl (C=O) groups is 1. The van der Waals surface area contributed by atoms with Crippen molar-refractivity contribution in [2.75, 3.05) is 12.8 Å². The van der Waals surface area contributed by atoms with Crippen molar-refractivity contribution < 1.29 is 9.53 Å². The maximum atomic E-state index is 12.0. The topological polar surface area (TPSA) is 91.0 Å². The Hall–Kier alpha value is -2.50. The Labute approximate surface area is 104 Å². The van der Waals surface area contributed by atoms with E-state index >= 15 is 0 Å². The summed E-state index contributed by atoms with van der Waals surface area (Å²) in [5.74, 6) is 0.197. The first kappa shape index (κ1) is 12.0. The number of aromatic nitrogens is 3. The lowest BCUT2D eigenvalue weighted by Crippen LogP contribution is -2.08. The highest BCUT2D eigenvalue weighted by Crippen LogP contribution is 2.13. The average molecular weight is 244 g/mol. The summed E-state index contributed by atoms with van der Waals surface area (Å²) in [5, 5.41) is 0. The van der Waals surface area contributed by atoms with Crippen LogP contribution in [0, 0.1) is 0 Å². The summed E-state index contributed by atoms with van der Waals surface area (Å²) in [7, 11) is 1.48. The lowest BCUT2D eigenvalue weighted by Gasteiger charge is -2.04. The van der Waals surface area contributed by atoms with Gasteiger partial charge < -0.3 is 10.5 Å². The summed E-state index contributed by atoms with van der Waals surface area (Å²) in [6, 6.07) is 3.15. The predicted molar refractivity (Wildman–Crippen MR) is 65.3 cm³/mol. The molecule has 0 amide bonds. The first-order chi connectivity index (χ1) is 8.70. The second-order valence-corrected chi connectivity index (χ2v) is 3.62. The van der Waals surface area contributed by atoms with Gasteiger partial charge in [0, 0.05) is 36.1 Å². The second-order valence-electron chi connectivity index (χ2n) is 3.62. The fourth-order valence-electron chi connectivity index (χ4n) is 1.45. The van der Waals surface area contributed by atoms with Gasteiger partial charge in [0.15, 0.2) is 5.78 Å². The zero-order chi connectivity index (χ0) is 13.0. The minimum atomic E-state index is -0.157. The highest BCUT2D eigenvalue weighted by Gasteiger charge is 2.11. The number of Topliss-reactive ketones (excluding diaryl/α,β-unsaturated/α-hetero) is 1. The first-order valence-electron chi connectivity index (χ1n) is 5.28. The van der Waals surface area contributed by atoms with Gasteiger partial charge in [-0.3, -0.25) is 9.78 Å². The number of ether oxygens (including phenoxy) is 1. The largest absolute Gasteiger partial charge is 0.481 e. The zero-order valence-electron chi connectivity index (χ0n) is 9.83. The highest BCUT2D eigenvalue weighted by atomic mass is 16.5. The number of methoxy groups -OCH3 is 1. The minimum absolute atomic E-state index is 0.153. The van der Waals surface area contributed by atoms with Gasteiger partial charge in [0.05, 0.1) is 7.11 Å². The van der Waals surface area contributed by atoms with Crippen LogP contribution in [0.1, 0.15) is 16.1 Å². The molecule has 2 rings (SSSR count). The number of rotatable bonds is 4. The molecule has 92 valence electrons. The summed E-state index contributed by atoms with van der Waals surface area (Å²) in [5.41, 5.74) is 7.27. The molecule has 0 bridgehead atoms.